The Morgan fingerprint density at radius 1 is 1.06 bits per heavy atom. The molecule has 5 heteroatoms. The number of aromatic carboxylic acids is 1. The third-order valence-corrected chi connectivity index (χ3v) is 2.43. The summed E-state index contributed by atoms with van der Waals surface area (Å²) in [6.45, 7) is 0. The number of hydrogen-bond donors (Lipinski definition) is 3. The van der Waals surface area contributed by atoms with Gasteiger partial charge in [-0.05, 0) is 24.3 Å². The van der Waals surface area contributed by atoms with Crippen LogP contribution in [0.25, 0.3) is 0 Å². The van der Waals surface area contributed by atoms with E-state index < -0.39 is 5.97 Å². The standard InChI is InChI=1S/C13H12N2O3/c14-9-6-7-10(11(12(9)15)13(16)17)18-8-4-2-1-3-5-8/h1-7H,14-15H2,(H,16,17). The van der Waals surface area contributed by atoms with Gasteiger partial charge >= 0.3 is 5.97 Å². The van der Waals surface area contributed by atoms with Crippen molar-refractivity contribution in [1.29, 1.82) is 0 Å². The molecule has 18 heavy (non-hydrogen) atoms. The molecule has 0 aliphatic rings. The summed E-state index contributed by atoms with van der Waals surface area (Å²) in [5, 5.41) is 9.13. The SMILES string of the molecule is Nc1ccc(Oc2ccccc2)c(C(=O)O)c1N. The van der Waals surface area contributed by atoms with Crippen molar-refractivity contribution in [1.82, 2.24) is 0 Å². The largest absolute Gasteiger partial charge is 0.477 e. The Morgan fingerprint density at radius 3 is 2.33 bits per heavy atom. The molecule has 2 aromatic rings. The van der Waals surface area contributed by atoms with Gasteiger partial charge in [0.05, 0.1) is 11.4 Å². The highest BCUT2D eigenvalue weighted by Crippen LogP contribution is 2.32. The molecule has 0 fully saturated rings. The van der Waals surface area contributed by atoms with Crippen molar-refractivity contribution >= 4 is 17.3 Å². The van der Waals surface area contributed by atoms with Gasteiger partial charge in [-0.25, -0.2) is 4.79 Å². The smallest absolute Gasteiger partial charge is 0.341 e. The summed E-state index contributed by atoms with van der Waals surface area (Å²) >= 11 is 0. The quantitative estimate of drug-likeness (QED) is 0.720. The summed E-state index contributed by atoms with van der Waals surface area (Å²) in [7, 11) is 0. The van der Waals surface area contributed by atoms with Gasteiger partial charge in [-0.15, -0.1) is 0 Å². The third-order valence-electron chi connectivity index (χ3n) is 2.43. The molecule has 0 unspecified atom stereocenters. The lowest BCUT2D eigenvalue weighted by Gasteiger charge is -2.11. The van der Waals surface area contributed by atoms with Crippen molar-refractivity contribution in [2.45, 2.75) is 0 Å². The van der Waals surface area contributed by atoms with Crippen molar-refractivity contribution < 1.29 is 14.6 Å². The summed E-state index contributed by atoms with van der Waals surface area (Å²) in [6.07, 6.45) is 0. The Morgan fingerprint density at radius 2 is 1.72 bits per heavy atom. The highest BCUT2D eigenvalue weighted by molar-refractivity contribution is 5.99. The number of nitrogens with two attached hydrogens (primary N) is 2. The zero-order chi connectivity index (χ0) is 13.1. The third kappa shape index (κ3) is 2.20. The summed E-state index contributed by atoms with van der Waals surface area (Å²) in [6, 6.07) is 11.9. The van der Waals surface area contributed by atoms with Gasteiger partial charge in [0.2, 0.25) is 0 Å². The molecular formula is C13H12N2O3. The zero-order valence-corrected chi connectivity index (χ0v) is 9.46. The van der Waals surface area contributed by atoms with E-state index in [1.807, 2.05) is 6.07 Å². The molecule has 5 nitrogen and oxygen atoms in total. The number of para-hydroxylation sites is 1. The summed E-state index contributed by atoms with van der Waals surface area (Å²) in [5.41, 5.74) is 11.3. The minimum atomic E-state index is -1.18. The number of hydrogen-bond acceptors (Lipinski definition) is 4. The predicted molar refractivity (Wildman–Crippen MR) is 68.7 cm³/mol. The molecule has 0 aliphatic carbocycles. The molecule has 92 valence electrons. The summed E-state index contributed by atoms with van der Waals surface area (Å²) < 4.78 is 5.49. The molecule has 0 atom stereocenters. The van der Waals surface area contributed by atoms with E-state index in [1.54, 1.807) is 24.3 Å². The van der Waals surface area contributed by atoms with Crippen LogP contribution in [0.3, 0.4) is 0 Å². The molecule has 0 saturated heterocycles. The average molecular weight is 244 g/mol. The van der Waals surface area contributed by atoms with Crippen LogP contribution in [-0.2, 0) is 0 Å². The van der Waals surface area contributed by atoms with Crippen LogP contribution < -0.4 is 16.2 Å². The molecule has 0 amide bonds. The lowest BCUT2D eigenvalue weighted by molar-refractivity contribution is 0.0695. The van der Waals surface area contributed by atoms with Gasteiger partial charge in [-0.3, -0.25) is 0 Å². The fourth-order valence-corrected chi connectivity index (χ4v) is 1.54. The first-order valence-electron chi connectivity index (χ1n) is 5.23. The Bertz CT molecular complexity index is 582. The van der Waals surface area contributed by atoms with Gasteiger partial charge < -0.3 is 21.3 Å². The lowest BCUT2D eigenvalue weighted by atomic mass is 10.1. The van der Waals surface area contributed by atoms with Crippen molar-refractivity contribution in [3.8, 4) is 11.5 Å². The molecule has 2 rings (SSSR count). The second-order valence-corrected chi connectivity index (χ2v) is 3.66. The van der Waals surface area contributed by atoms with Crippen LogP contribution in [0.15, 0.2) is 42.5 Å². The fourth-order valence-electron chi connectivity index (χ4n) is 1.54. The van der Waals surface area contributed by atoms with Gasteiger partial charge in [-0.2, -0.15) is 0 Å². The van der Waals surface area contributed by atoms with E-state index >= 15 is 0 Å². The maximum atomic E-state index is 11.2. The van der Waals surface area contributed by atoms with E-state index in [9.17, 15) is 4.79 Å². The highest BCUT2D eigenvalue weighted by atomic mass is 16.5. The number of ether oxygens (including phenoxy) is 1. The highest BCUT2D eigenvalue weighted by Gasteiger charge is 2.17. The number of carbonyl (C=O) groups is 1. The van der Waals surface area contributed by atoms with E-state index in [0.717, 1.165) is 0 Å². The summed E-state index contributed by atoms with van der Waals surface area (Å²) in [4.78, 5) is 11.2. The van der Waals surface area contributed by atoms with Gasteiger partial charge in [0.25, 0.3) is 0 Å². The van der Waals surface area contributed by atoms with Crippen molar-refractivity contribution in [2.24, 2.45) is 0 Å². The monoisotopic (exact) mass is 244 g/mol. The minimum absolute atomic E-state index is 0.0101. The number of carboxylic acid groups (broad SMARTS) is 1. The van der Waals surface area contributed by atoms with Crippen LogP contribution in [-0.4, -0.2) is 11.1 Å². The van der Waals surface area contributed by atoms with Crippen LogP contribution in [0, 0.1) is 0 Å². The molecule has 0 spiro atoms. The van der Waals surface area contributed by atoms with Gasteiger partial charge in [0, 0.05) is 0 Å². The van der Waals surface area contributed by atoms with Crippen molar-refractivity contribution in [2.75, 3.05) is 11.5 Å². The second kappa shape index (κ2) is 4.67. The van der Waals surface area contributed by atoms with Gasteiger partial charge in [-0.1, -0.05) is 18.2 Å². The van der Waals surface area contributed by atoms with Crippen LogP contribution in [0.2, 0.25) is 0 Å². The Kier molecular flexibility index (Phi) is 3.05. The molecule has 0 bridgehead atoms. The second-order valence-electron chi connectivity index (χ2n) is 3.66. The van der Waals surface area contributed by atoms with E-state index in [0.29, 0.717) is 5.75 Å². The van der Waals surface area contributed by atoms with E-state index in [-0.39, 0.29) is 22.7 Å². The number of rotatable bonds is 3. The Labute approximate surface area is 104 Å². The van der Waals surface area contributed by atoms with E-state index in [1.165, 1.54) is 12.1 Å². The normalized spacial score (nSPS) is 10.0. The maximum Gasteiger partial charge on any atom is 0.341 e. The maximum absolute atomic E-state index is 11.2. The Hall–Kier alpha value is -2.69. The van der Waals surface area contributed by atoms with Crippen LogP contribution in [0.1, 0.15) is 10.4 Å². The topological polar surface area (TPSA) is 98.6 Å². The molecule has 0 aliphatic heterocycles. The van der Waals surface area contributed by atoms with Gasteiger partial charge in [0.1, 0.15) is 17.1 Å². The van der Waals surface area contributed by atoms with E-state index in [2.05, 4.69) is 0 Å². The lowest BCUT2D eigenvalue weighted by Crippen LogP contribution is -2.07. The number of anilines is 2. The average Bonchev–Trinajstić information content (AvgIpc) is 2.35. The van der Waals surface area contributed by atoms with Crippen molar-refractivity contribution in [3.63, 3.8) is 0 Å². The Balaban J connectivity index is 2.45. The van der Waals surface area contributed by atoms with E-state index in [4.69, 9.17) is 21.3 Å². The molecule has 0 heterocycles. The zero-order valence-electron chi connectivity index (χ0n) is 9.46. The summed E-state index contributed by atoms with van der Waals surface area (Å²) in [5.74, 6) is -0.477. The predicted octanol–water partition coefficient (Wildman–Crippen LogP) is 2.34. The molecule has 5 N–H and O–H groups in total. The molecular weight excluding hydrogens is 232 g/mol. The number of nitrogen functional groups attached to an aromatic ring is 2. The molecule has 2 aromatic carbocycles. The van der Waals surface area contributed by atoms with Crippen molar-refractivity contribution in [3.05, 3.63) is 48.0 Å². The first-order chi connectivity index (χ1) is 8.59. The van der Waals surface area contributed by atoms with Crippen LogP contribution in [0.4, 0.5) is 11.4 Å². The first-order valence-corrected chi connectivity index (χ1v) is 5.23. The number of benzene rings is 2. The van der Waals surface area contributed by atoms with Crippen LogP contribution >= 0.6 is 0 Å². The minimum Gasteiger partial charge on any atom is -0.477 e. The number of carboxylic acids is 1. The fraction of sp³-hybridized carbons (Fsp3) is 0. The van der Waals surface area contributed by atoms with Crippen LogP contribution in [0.5, 0.6) is 11.5 Å². The molecule has 0 radical (unpaired) electrons. The molecule has 0 aromatic heterocycles. The first kappa shape index (κ1) is 11.8. The molecule has 0 saturated carbocycles. The van der Waals surface area contributed by atoms with Gasteiger partial charge in [0.15, 0.2) is 0 Å².